The number of nitrogens with one attached hydrogen (secondary N) is 4. The first kappa shape index (κ1) is 121. The van der Waals surface area contributed by atoms with Crippen LogP contribution in [0.3, 0.4) is 0 Å². The van der Waals surface area contributed by atoms with Crippen molar-refractivity contribution < 1.29 is 73.6 Å². The zero-order valence-electron chi connectivity index (χ0n) is 72.6. The molecule has 24 nitrogen and oxygen atoms in total. The average molecular weight is 2870 g/mol. The van der Waals surface area contributed by atoms with Gasteiger partial charge in [-0.2, -0.15) is 19.9 Å². The fraction of sp³-hybridized carbons (Fsp3) is 0.0632. The van der Waals surface area contributed by atoms with Gasteiger partial charge < -0.3 is 52.8 Å². The Morgan fingerprint density at radius 2 is 0.790 bits per heavy atom. The number of carbonyl (C=O) groups excluding carboxylic acids is 4. The van der Waals surface area contributed by atoms with Crippen molar-refractivity contribution in [3.05, 3.63) is 389 Å². The monoisotopic (exact) mass is 2860 g/mol. The molecule has 0 fully saturated rings. The second kappa shape index (κ2) is 60.1. The molecule has 0 atom stereocenters. The van der Waals surface area contributed by atoms with Gasteiger partial charge in [-0.3, -0.25) is 28.8 Å². The van der Waals surface area contributed by atoms with Crippen molar-refractivity contribution in [3.8, 4) is 82.2 Å². The molecule has 0 unspecified atom stereocenters. The number of ether oxygens (including phenoxy) is 5. The summed E-state index contributed by atoms with van der Waals surface area (Å²) < 4.78 is 106. The Labute approximate surface area is 948 Å². The highest BCUT2D eigenvalue weighted by Gasteiger charge is 2.27. The highest BCUT2D eigenvalue weighted by molar-refractivity contribution is 14.1. The summed E-state index contributed by atoms with van der Waals surface area (Å²) in [7, 11) is 5.90. The number of fused-ring (bicyclic) bond motifs is 2. The van der Waals surface area contributed by atoms with E-state index in [-0.39, 0.29) is 118 Å². The summed E-state index contributed by atoms with van der Waals surface area (Å²) >= 11 is 81.1. The number of hydrogen-bond acceptors (Lipinski definition) is 20. The highest BCUT2D eigenvalue weighted by Crippen LogP contribution is 2.40. The van der Waals surface area contributed by atoms with Gasteiger partial charge >= 0.3 is 17.9 Å². The van der Waals surface area contributed by atoms with Gasteiger partial charge in [0.15, 0.2) is 5.76 Å². The highest BCUT2D eigenvalue weighted by atomic mass is 127. The second-order valence-corrected chi connectivity index (χ2v) is 38.8. The molecule has 16 aromatic rings. The maximum Gasteiger partial charge on any atom is 0.342 e. The Balaban J connectivity index is 0.000000220. The summed E-state index contributed by atoms with van der Waals surface area (Å²) in [4.78, 5) is 110. The van der Waals surface area contributed by atoms with Crippen molar-refractivity contribution in [1.82, 2.24) is 50.2 Å². The van der Waals surface area contributed by atoms with Crippen molar-refractivity contribution in [2.75, 3.05) is 28.4 Å². The lowest BCUT2D eigenvalue weighted by molar-refractivity contribution is -0.133. The molecule has 48 heteroatoms. The predicted molar refractivity (Wildman–Crippen MR) is 589 cm³/mol. The number of terminal acetylenes is 1. The van der Waals surface area contributed by atoms with E-state index in [0.717, 1.165) is 8.04 Å². The lowest BCUT2D eigenvalue weighted by Gasteiger charge is -2.04. The van der Waals surface area contributed by atoms with E-state index in [4.69, 9.17) is 143 Å². The lowest BCUT2D eigenvalue weighted by atomic mass is 10.1. The Morgan fingerprint density at radius 1 is 0.406 bits per heavy atom. The standard InChI is InChI=1S/C15H9BrClFN2O2.C15H8BrClFNO3.C15H8BrClFNO2.C13H6BrClFNO.C8H5F.C7H4BrClINO2.C6H5BrClNO.C6H6ClNO.C5H2BrClINO.C5H3BrClNO/c1-19-14(21)11-9-6-10(16)13(17)20-15(9)22-12(11)7-2-4-8(18)5-3-7;1-21-15(20)11-9-6-10(16)13(17)19-14(9)22-12(11)7-2-4-8(18)5-3-7;1-9(20)21-15-11(8-13(16)14(17)19-15)5-2-10-3-6-12(18)7-4-10;14-11-7-9(13(18)17-12(11)15)4-1-8-2-5-10(16)6-3-8;1-2-7-3-5-8(9)6-4-7;1-3(12)13-7-5(10)2-4(8)6(9)11-7;1-10-5-3-2-4(7)6(8)9-5;1-9-6-4-2-3-5(7)8-6;6-2-1-3(8)5(10)9-4(2)7;6-3-1-2-4(9)8-5(3)7/h2-6H,1H3,(H,19,21);2-6H,1H3;3-4,6-8H,1H3;2-3,5-7H,(H,17,18);1,3-6H;2H,1H3;2-3H,1H3;2-4H,1H3;1H,(H,9,10);1-2H,(H,8,9). The van der Waals surface area contributed by atoms with Crippen molar-refractivity contribution in [2.24, 2.45) is 0 Å². The minimum Gasteiger partial charge on any atom is -0.481 e. The van der Waals surface area contributed by atoms with Gasteiger partial charge in [-0.25, -0.2) is 36.7 Å². The van der Waals surface area contributed by atoms with Crippen LogP contribution in [-0.4, -0.2) is 97.0 Å². The molecule has 0 spiro atoms. The van der Waals surface area contributed by atoms with E-state index in [1.807, 2.05) is 45.2 Å². The summed E-state index contributed by atoms with van der Waals surface area (Å²) in [6.45, 7) is 2.57. The number of halogens is 24. The first-order valence-electron chi connectivity index (χ1n) is 38.5. The van der Waals surface area contributed by atoms with Gasteiger partial charge in [-0.1, -0.05) is 140 Å². The number of pyridine rings is 9. The SMILES string of the molecule is C#Cc1ccc(F)cc1.CC(=O)Oc1nc(Cl)c(Br)cc1C#Cc1ccc(F)cc1.CC(=O)Oc1nc(Cl)c(Br)cc1I.CNC(=O)c1c(-c2ccc(F)cc2)oc2nc(Cl)c(Br)cc12.COC(=O)c1c(-c2ccc(F)cc2)oc2nc(Cl)c(Br)cc12.COc1ccc(Br)c(Cl)n1.COc1cccc(Cl)n1.O=c1[nH]c(Cl)c(Br)cc1C#Cc1ccc(F)cc1.O=c1[nH]c(Cl)c(Br)cc1I.O=c1ccc(Br)c(Cl)[nH]1. The van der Waals surface area contributed by atoms with Crippen LogP contribution in [0.1, 0.15) is 62.4 Å². The quantitative estimate of drug-likeness (QED) is 0.0361. The third-order valence-corrected chi connectivity index (χ3v) is 27.3. The second-order valence-electron chi connectivity index (χ2n) is 26.3. The molecule has 0 aliphatic heterocycles. The molecule has 0 saturated heterocycles. The number of amides is 1. The van der Waals surface area contributed by atoms with Crippen molar-refractivity contribution in [1.29, 1.82) is 0 Å². The Bertz CT molecular complexity index is 7520. The number of H-pyrrole nitrogens is 3. The number of aromatic amines is 3. The average Bonchev–Trinajstić information content (AvgIpc) is 1.62. The first-order valence-corrected chi connectivity index (χ1v) is 50.4. The van der Waals surface area contributed by atoms with E-state index in [2.05, 4.69) is 207 Å². The van der Waals surface area contributed by atoms with Crippen LogP contribution in [0.15, 0.2) is 259 Å². The molecular formula is C95H56Br8Cl9F5I2N10O14. The minimum absolute atomic E-state index is 0.0327. The molecule has 0 bridgehead atoms. The van der Waals surface area contributed by atoms with Crippen LogP contribution < -0.4 is 40.9 Å². The molecule has 0 saturated carbocycles. The topological polar surface area (TPSA) is 329 Å². The third kappa shape index (κ3) is 39.1. The fourth-order valence-corrected chi connectivity index (χ4v) is 15.5. The van der Waals surface area contributed by atoms with E-state index in [1.165, 1.54) is 125 Å². The molecule has 0 aliphatic rings. The van der Waals surface area contributed by atoms with Crippen LogP contribution >= 0.6 is 277 Å². The summed E-state index contributed by atoms with van der Waals surface area (Å²) in [6, 6.07) is 50.1. The molecule has 4 N–H and O–H groups in total. The van der Waals surface area contributed by atoms with Crippen LogP contribution in [0.5, 0.6) is 23.5 Å². The molecular weight excluding hydrogens is 2810 g/mol. The summed E-state index contributed by atoms with van der Waals surface area (Å²) in [5.74, 6) is 11.9. The number of furan rings is 2. The van der Waals surface area contributed by atoms with Gasteiger partial charge in [0.25, 0.3) is 17.0 Å². The third-order valence-electron chi connectivity index (χ3n) is 16.4. The van der Waals surface area contributed by atoms with Gasteiger partial charge in [0.1, 0.15) is 86.8 Å². The summed E-state index contributed by atoms with van der Waals surface area (Å²) in [5, 5.41) is 6.21. The van der Waals surface area contributed by atoms with Crippen LogP contribution in [0, 0.1) is 72.3 Å². The van der Waals surface area contributed by atoms with Gasteiger partial charge in [0.05, 0.1) is 91.7 Å². The normalized spacial score (nSPS) is 9.97. The van der Waals surface area contributed by atoms with E-state index in [1.54, 1.807) is 117 Å². The largest absolute Gasteiger partial charge is 0.481 e. The summed E-state index contributed by atoms with van der Waals surface area (Å²) in [5.41, 5.74) is 4.02. The molecule has 143 heavy (non-hydrogen) atoms. The predicted octanol–water partition coefficient (Wildman–Crippen LogP) is 29.8. The molecule has 11 heterocycles. The van der Waals surface area contributed by atoms with Crippen LogP contribution in [0.25, 0.3) is 44.8 Å². The van der Waals surface area contributed by atoms with E-state index in [0.29, 0.717) is 123 Å². The number of esters is 3. The molecule has 0 radical (unpaired) electrons. The molecule has 11 aromatic heterocycles. The van der Waals surface area contributed by atoms with Gasteiger partial charge in [0.2, 0.25) is 40.5 Å². The van der Waals surface area contributed by atoms with Crippen LogP contribution in [0.4, 0.5) is 22.0 Å². The smallest absolute Gasteiger partial charge is 0.342 e. The number of benzene rings is 5. The molecule has 5 aromatic carbocycles. The molecule has 1 amide bonds. The van der Waals surface area contributed by atoms with Crippen molar-refractivity contribution >= 4 is 323 Å². The summed E-state index contributed by atoms with van der Waals surface area (Å²) in [6.07, 6.45) is 5.03. The maximum atomic E-state index is 13.1. The number of rotatable bonds is 8. The molecule has 16 rings (SSSR count). The van der Waals surface area contributed by atoms with E-state index in [9.17, 15) is 55.5 Å². The Hall–Kier alpha value is -9.35. The van der Waals surface area contributed by atoms with E-state index < -0.39 is 17.9 Å². The molecule has 738 valence electrons. The van der Waals surface area contributed by atoms with Gasteiger partial charge in [0, 0.05) is 66.9 Å². The minimum atomic E-state index is -0.575. The van der Waals surface area contributed by atoms with Crippen LogP contribution in [-0.2, 0) is 14.3 Å². The Kier molecular flexibility index (Phi) is 50.6. The van der Waals surface area contributed by atoms with Crippen LogP contribution in [0.2, 0.25) is 46.4 Å². The zero-order chi connectivity index (χ0) is 106. The van der Waals surface area contributed by atoms with Gasteiger partial charge in [-0.05, 0) is 349 Å². The van der Waals surface area contributed by atoms with Crippen molar-refractivity contribution in [3.63, 3.8) is 0 Å². The fourth-order valence-electron chi connectivity index (χ4n) is 9.99. The van der Waals surface area contributed by atoms with E-state index >= 15 is 0 Å². The molecule has 0 aliphatic carbocycles. The number of carbonyl (C=O) groups is 4. The van der Waals surface area contributed by atoms with Gasteiger partial charge in [-0.15, -0.1) is 6.42 Å². The number of aromatic nitrogens is 9. The lowest BCUT2D eigenvalue weighted by Crippen LogP contribution is -2.18. The first-order chi connectivity index (χ1) is 67.7. The number of nitrogens with zero attached hydrogens (tertiary/aromatic N) is 6. The maximum absolute atomic E-state index is 13.1. The Morgan fingerprint density at radius 3 is 1.22 bits per heavy atom. The number of hydrogen-bond donors (Lipinski definition) is 4. The van der Waals surface area contributed by atoms with Crippen molar-refractivity contribution in [2.45, 2.75) is 13.8 Å². The number of methoxy groups -OCH3 is 3. The zero-order valence-corrected chi connectivity index (χ0v) is 96.4.